The van der Waals surface area contributed by atoms with Gasteiger partial charge < -0.3 is 19.9 Å². The van der Waals surface area contributed by atoms with E-state index in [1.165, 1.54) is 14.2 Å². The van der Waals surface area contributed by atoms with Gasteiger partial charge in [0.1, 0.15) is 0 Å². The first-order chi connectivity index (χ1) is 12.5. The van der Waals surface area contributed by atoms with Gasteiger partial charge in [-0.2, -0.15) is 0 Å². The number of ether oxygens (including phenoxy) is 2. The molecule has 1 atom stereocenters. The lowest BCUT2D eigenvalue weighted by Crippen LogP contribution is -2.24. The Morgan fingerprint density at radius 2 is 2.00 bits per heavy atom. The number of nitro benzene ring substituents is 1. The molecule has 0 fully saturated rings. The highest BCUT2D eigenvalue weighted by atomic mass is 16.6. The molecule has 0 radical (unpaired) electrons. The lowest BCUT2D eigenvalue weighted by atomic mass is 10.1. The van der Waals surface area contributed by atoms with E-state index in [1.807, 2.05) is 31.2 Å². The Balaban J connectivity index is 2.00. The van der Waals surface area contributed by atoms with Gasteiger partial charge in [0.25, 0.3) is 0 Å². The fourth-order valence-corrected chi connectivity index (χ4v) is 2.81. The molecule has 2 aromatic rings. The van der Waals surface area contributed by atoms with Crippen molar-refractivity contribution in [3.63, 3.8) is 0 Å². The first kappa shape index (κ1) is 19.7. The number of nitrogens with zero attached hydrogens (tertiary/aromatic N) is 1. The second-order valence-electron chi connectivity index (χ2n) is 5.95. The molecule has 140 valence electrons. The van der Waals surface area contributed by atoms with E-state index in [1.54, 1.807) is 12.1 Å². The predicted molar refractivity (Wildman–Crippen MR) is 98.9 cm³/mol. The first-order valence-corrected chi connectivity index (χ1v) is 8.31. The third kappa shape index (κ3) is 4.71. The molecule has 2 aromatic carbocycles. The van der Waals surface area contributed by atoms with Crippen LogP contribution in [0.1, 0.15) is 22.8 Å². The first-order valence-electron chi connectivity index (χ1n) is 8.31. The third-order valence-electron chi connectivity index (χ3n) is 4.12. The van der Waals surface area contributed by atoms with Gasteiger partial charge >= 0.3 is 5.69 Å². The van der Waals surface area contributed by atoms with Gasteiger partial charge in [-0.1, -0.05) is 29.8 Å². The average molecular weight is 360 g/mol. The number of benzene rings is 2. The standard InChI is InChI=1S/C19H24N2O5/c1-13-5-4-6-15(11-13)16(22)12-20-10-9-14-7-8-17(25-2)19(26-3)18(14)21(23)24/h4-8,11,16,20,22H,9-10,12H2,1-3H3/t16-/m1/s1. The second-order valence-corrected chi connectivity index (χ2v) is 5.95. The van der Waals surface area contributed by atoms with Crippen LogP contribution in [0.5, 0.6) is 11.5 Å². The van der Waals surface area contributed by atoms with Crippen molar-refractivity contribution in [2.45, 2.75) is 19.4 Å². The molecule has 7 heteroatoms. The van der Waals surface area contributed by atoms with E-state index in [0.29, 0.717) is 30.8 Å². The predicted octanol–water partition coefficient (Wildman–Crippen LogP) is 2.79. The van der Waals surface area contributed by atoms with Gasteiger partial charge in [-0.3, -0.25) is 10.1 Å². The molecule has 7 nitrogen and oxygen atoms in total. The van der Waals surface area contributed by atoms with E-state index >= 15 is 0 Å². The molecule has 0 aliphatic carbocycles. The zero-order chi connectivity index (χ0) is 19.1. The molecule has 0 bridgehead atoms. The highest BCUT2D eigenvalue weighted by molar-refractivity contribution is 5.60. The van der Waals surface area contributed by atoms with Crippen LogP contribution < -0.4 is 14.8 Å². The molecular formula is C19H24N2O5. The zero-order valence-corrected chi connectivity index (χ0v) is 15.2. The summed E-state index contributed by atoms with van der Waals surface area (Å²) < 4.78 is 10.3. The molecule has 0 amide bonds. The fourth-order valence-electron chi connectivity index (χ4n) is 2.81. The van der Waals surface area contributed by atoms with Crippen LogP contribution >= 0.6 is 0 Å². The maximum Gasteiger partial charge on any atom is 0.318 e. The van der Waals surface area contributed by atoms with Gasteiger partial charge in [0.2, 0.25) is 5.75 Å². The molecule has 0 spiro atoms. The molecule has 2 N–H and O–H groups in total. The van der Waals surface area contributed by atoms with Crippen LogP contribution in [0.2, 0.25) is 0 Å². The minimum atomic E-state index is -0.629. The fraction of sp³-hybridized carbons (Fsp3) is 0.368. The number of aliphatic hydroxyl groups excluding tert-OH is 1. The minimum absolute atomic E-state index is 0.0899. The summed E-state index contributed by atoms with van der Waals surface area (Å²) >= 11 is 0. The van der Waals surface area contributed by atoms with Gasteiger partial charge in [0, 0.05) is 12.1 Å². The molecule has 0 aliphatic heterocycles. The van der Waals surface area contributed by atoms with Crippen LogP contribution in [0.3, 0.4) is 0 Å². The van der Waals surface area contributed by atoms with Crippen molar-refractivity contribution in [3.8, 4) is 11.5 Å². The highest BCUT2D eigenvalue weighted by Gasteiger charge is 2.24. The van der Waals surface area contributed by atoms with Crippen molar-refractivity contribution in [3.05, 3.63) is 63.2 Å². The van der Waals surface area contributed by atoms with Crippen molar-refractivity contribution >= 4 is 5.69 Å². The number of nitro groups is 1. The van der Waals surface area contributed by atoms with E-state index < -0.39 is 11.0 Å². The quantitative estimate of drug-likeness (QED) is 0.406. The third-order valence-corrected chi connectivity index (χ3v) is 4.12. The lowest BCUT2D eigenvalue weighted by Gasteiger charge is -2.14. The number of aliphatic hydroxyl groups is 1. The Bertz CT molecular complexity index is 764. The van der Waals surface area contributed by atoms with Crippen molar-refractivity contribution < 1.29 is 19.5 Å². The highest BCUT2D eigenvalue weighted by Crippen LogP contribution is 2.39. The largest absolute Gasteiger partial charge is 0.493 e. The summed E-state index contributed by atoms with van der Waals surface area (Å²) in [7, 11) is 2.82. The van der Waals surface area contributed by atoms with Gasteiger partial charge in [-0.15, -0.1) is 0 Å². The van der Waals surface area contributed by atoms with Gasteiger partial charge in [0.15, 0.2) is 5.75 Å². The lowest BCUT2D eigenvalue weighted by molar-refractivity contribution is -0.386. The van der Waals surface area contributed by atoms with Crippen LogP contribution in [0, 0.1) is 17.0 Å². The minimum Gasteiger partial charge on any atom is -0.493 e. The Morgan fingerprint density at radius 3 is 2.62 bits per heavy atom. The molecule has 2 rings (SSSR count). The summed E-state index contributed by atoms with van der Waals surface area (Å²) in [6, 6.07) is 11.0. The van der Waals surface area contributed by atoms with E-state index in [-0.39, 0.29) is 11.4 Å². The zero-order valence-electron chi connectivity index (χ0n) is 15.2. The second kappa shape index (κ2) is 9.17. The van der Waals surface area contributed by atoms with Crippen LogP contribution in [-0.2, 0) is 6.42 Å². The van der Waals surface area contributed by atoms with Crippen LogP contribution in [0.25, 0.3) is 0 Å². The normalized spacial score (nSPS) is 11.8. The van der Waals surface area contributed by atoms with E-state index in [9.17, 15) is 15.2 Å². The maximum absolute atomic E-state index is 11.4. The van der Waals surface area contributed by atoms with Crippen molar-refractivity contribution in [1.29, 1.82) is 0 Å². The molecule has 0 saturated heterocycles. The summed E-state index contributed by atoms with van der Waals surface area (Å²) in [5, 5.41) is 24.8. The molecule has 0 unspecified atom stereocenters. The Morgan fingerprint density at radius 1 is 1.23 bits per heavy atom. The Kier molecular flexibility index (Phi) is 6.94. The number of rotatable bonds is 9. The van der Waals surface area contributed by atoms with Crippen molar-refractivity contribution in [2.24, 2.45) is 0 Å². The topological polar surface area (TPSA) is 93.9 Å². The Hall–Kier alpha value is -2.64. The van der Waals surface area contributed by atoms with Crippen molar-refractivity contribution in [2.75, 3.05) is 27.3 Å². The van der Waals surface area contributed by atoms with Crippen LogP contribution in [-0.4, -0.2) is 37.3 Å². The summed E-state index contributed by atoms with van der Waals surface area (Å²) in [4.78, 5) is 11.0. The number of hydrogen-bond donors (Lipinski definition) is 2. The van der Waals surface area contributed by atoms with Crippen molar-refractivity contribution in [1.82, 2.24) is 5.32 Å². The number of aryl methyl sites for hydroxylation is 1. The summed E-state index contributed by atoms with van der Waals surface area (Å²) in [6.45, 7) is 2.82. The van der Waals surface area contributed by atoms with Gasteiger partial charge in [0.05, 0.1) is 25.2 Å². The van der Waals surface area contributed by atoms with E-state index in [4.69, 9.17) is 9.47 Å². The molecule has 0 aliphatic rings. The maximum atomic E-state index is 11.4. The number of hydrogen-bond acceptors (Lipinski definition) is 6. The SMILES string of the molecule is COc1ccc(CCNC[C@@H](O)c2cccc(C)c2)c([N+](=O)[O-])c1OC. The summed E-state index contributed by atoms with van der Waals surface area (Å²) in [5.74, 6) is 0.445. The molecule has 0 heterocycles. The molecule has 26 heavy (non-hydrogen) atoms. The van der Waals surface area contributed by atoms with Gasteiger partial charge in [-0.05, 0) is 37.6 Å². The average Bonchev–Trinajstić information content (AvgIpc) is 2.63. The molecular weight excluding hydrogens is 336 g/mol. The molecule has 0 saturated carbocycles. The monoisotopic (exact) mass is 360 g/mol. The van der Waals surface area contributed by atoms with Crippen LogP contribution in [0.15, 0.2) is 36.4 Å². The number of methoxy groups -OCH3 is 2. The summed E-state index contributed by atoms with van der Waals surface area (Å²) in [6.07, 6.45) is -0.202. The van der Waals surface area contributed by atoms with Crippen LogP contribution in [0.4, 0.5) is 5.69 Å². The molecule has 0 aromatic heterocycles. The number of nitrogens with one attached hydrogen (secondary N) is 1. The van der Waals surface area contributed by atoms with E-state index in [0.717, 1.165) is 11.1 Å². The smallest absolute Gasteiger partial charge is 0.318 e. The summed E-state index contributed by atoms with van der Waals surface area (Å²) in [5.41, 5.74) is 2.38. The van der Waals surface area contributed by atoms with E-state index in [2.05, 4.69) is 5.32 Å². The van der Waals surface area contributed by atoms with Gasteiger partial charge in [-0.25, -0.2) is 0 Å². The Labute approximate surface area is 152 Å².